The largest absolute Gasteiger partial charge is 0.573 e. The van der Waals surface area contributed by atoms with E-state index in [9.17, 15) is 22.8 Å². The number of anilines is 1. The van der Waals surface area contributed by atoms with Gasteiger partial charge in [-0.3, -0.25) is 10.1 Å². The molecule has 21 heavy (non-hydrogen) atoms. The van der Waals surface area contributed by atoms with Crippen LogP contribution in [0.15, 0.2) is 18.2 Å². The fourth-order valence-corrected chi connectivity index (χ4v) is 1.36. The van der Waals surface area contributed by atoms with E-state index in [1.165, 1.54) is 0 Å². The lowest BCUT2D eigenvalue weighted by molar-refractivity contribution is -0.274. The summed E-state index contributed by atoms with van der Waals surface area (Å²) in [5.74, 6) is -0.556. The van der Waals surface area contributed by atoms with Crippen LogP contribution in [0.4, 0.5) is 23.7 Å². The number of hydrogen-bond donors (Lipinski definition) is 1. The number of carbonyl (C=O) groups is 2. The number of rotatable bonds is 3. The maximum atomic E-state index is 12.1. The third-order valence-corrected chi connectivity index (χ3v) is 2.02. The van der Waals surface area contributed by atoms with Gasteiger partial charge >= 0.3 is 12.5 Å². The van der Waals surface area contributed by atoms with E-state index in [-0.39, 0.29) is 11.3 Å². The summed E-state index contributed by atoms with van der Waals surface area (Å²) in [6.45, 7) is 4.86. The molecule has 0 atom stereocenters. The quantitative estimate of drug-likeness (QED) is 0.864. The highest BCUT2D eigenvalue weighted by molar-refractivity contribution is 5.93. The Hall–Kier alpha value is -2.25. The fourth-order valence-electron chi connectivity index (χ4n) is 1.36. The van der Waals surface area contributed by atoms with Crippen LogP contribution in [0.1, 0.15) is 31.1 Å². The maximum Gasteiger partial charge on any atom is 0.573 e. The molecule has 0 spiro atoms. The Morgan fingerprint density at radius 3 is 2.33 bits per heavy atom. The molecule has 1 aromatic carbocycles. The van der Waals surface area contributed by atoms with E-state index in [1.54, 1.807) is 20.8 Å². The summed E-state index contributed by atoms with van der Waals surface area (Å²) in [7, 11) is 0. The average molecular weight is 305 g/mol. The van der Waals surface area contributed by atoms with E-state index in [0.29, 0.717) is 6.29 Å². The van der Waals surface area contributed by atoms with Gasteiger partial charge in [-0.15, -0.1) is 13.2 Å². The number of hydrogen-bond acceptors (Lipinski definition) is 4. The maximum absolute atomic E-state index is 12.1. The van der Waals surface area contributed by atoms with Gasteiger partial charge in [-0.2, -0.15) is 0 Å². The van der Waals surface area contributed by atoms with Crippen molar-refractivity contribution in [1.29, 1.82) is 0 Å². The Morgan fingerprint density at radius 2 is 1.86 bits per heavy atom. The Bertz CT molecular complexity index is 535. The summed E-state index contributed by atoms with van der Waals surface area (Å²) in [4.78, 5) is 22.4. The van der Waals surface area contributed by atoms with E-state index in [2.05, 4.69) is 10.1 Å². The Balaban J connectivity index is 2.96. The molecule has 0 aliphatic rings. The summed E-state index contributed by atoms with van der Waals surface area (Å²) in [6.07, 6.45) is -5.37. The number of benzene rings is 1. The minimum absolute atomic E-state index is 0.00427. The molecule has 0 fully saturated rings. The highest BCUT2D eigenvalue weighted by Gasteiger charge is 2.31. The van der Waals surface area contributed by atoms with Crippen molar-refractivity contribution in [2.24, 2.45) is 0 Å². The van der Waals surface area contributed by atoms with Crippen LogP contribution >= 0.6 is 0 Å². The van der Waals surface area contributed by atoms with Gasteiger partial charge in [0.05, 0.1) is 5.69 Å². The smallest absolute Gasteiger partial charge is 0.444 e. The molecule has 0 saturated heterocycles. The summed E-state index contributed by atoms with van der Waals surface area (Å²) in [5, 5.41) is 2.20. The second-order valence-corrected chi connectivity index (χ2v) is 5.04. The van der Waals surface area contributed by atoms with Gasteiger partial charge in [0.2, 0.25) is 0 Å². The topological polar surface area (TPSA) is 64.6 Å². The van der Waals surface area contributed by atoms with Gasteiger partial charge in [-0.25, -0.2) is 4.79 Å². The number of alkyl halides is 3. The molecule has 0 heterocycles. The van der Waals surface area contributed by atoms with E-state index in [1.807, 2.05) is 0 Å². The third kappa shape index (κ3) is 6.15. The lowest BCUT2D eigenvalue weighted by atomic mass is 10.2. The second-order valence-electron chi connectivity index (χ2n) is 5.04. The summed E-state index contributed by atoms with van der Waals surface area (Å²) in [6, 6.07) is 2.96. The van der Waals surface area contributed by atoms with Crippen LogP contribution < -0.4 is 10.1 Å². The van der Waals surface area contributed by atoms with Crippen LogP contribution in [0, 0.1) is 0 Å². The van der Waals surface area contributed by atoms with Crippen LogP contribution in [-0.4, -0.2) is 24.3 Å². The van der Waals surface area contributed by atoms with E-state index < -0.39 is 23.8 Å². The Morgan fingerprint density at radius 1 is 1.24 bits per heavy atom. The van der Waals surface area contributed by atoms with Gasteiger partial charge < -0.3 is 9.47 Å². The van der Waals surface area contributed by atoms with E-state index in [0.717, 1.165) is 18.2 Å². The van der Waals surface area contributed by atoms with Gasteiger partial charge in [-0.1, -0.05) is 0 Å². The number of amides is 1. The molecule has 5 nitrogen and oxygen atoms in total. The van der Waals surface area contributed by atoms with Gasteiger partial charge in [0.25, 0.3) is 0 Å². The monoisotopic (exact) mass is 305 g/mol. The molecule has 0 aliphatic carbocycles. The third-order valence-electron chi connectivity index (χ3n) is 2.02. The SMILES string of the molecule is CC(C)(C)OC(=O)Nc1cc(OC(F)(F)F)ccc1C=O. The lowest BCUT2D eigenvalue weighted by Crippen LogP contribution is -2.27. The molecule has 8 heteroatoms. The molecule has 0 radical (unpaired) electrons. The van der Waals surface area contributed by atoms with Gasteiger partial charge in [-0.05, 0) is 32.9 Å². The fraction of sp³-hybridized carbons (Fsp3) is 0.385. The molecule has 1 N–H and O–H groups in total. The van der Waals surface area contributed by atoms with Crippen molar-refractivity contribution in [3.8, 4) is 5.75 Å². The van der Waals surface area contributed by atoms with Crippen LogP contribution in [0.2, 0.25) is 0 Å². The van der Waals surface area contributed by atoms with Crippen molar-refractivity contribution in [2.45, 2.75) is 32.7 Å². The van der Waals surface area contributed by atoms with Crippen molar-refractivity contribution in [3.63, 3.8) is 0 Å². The standard InChI is InChI=1S/C13H14F3NO4/c1-12(2,3)21-11(19)17-10-6-9(20-13(14,15)16)5-4-8(10)7-18/h4-7H,1-3H3,(H,17,19). The van der Waals surface area contributed by atoms with Gasteiger partial charge in [0.1, 0.15) is 11.4 Å². The predicted molar refractivity (Wildman–Crippen MR) is 68.4 cm³/mol. The summed E-state index contributed by atoms with van der Waals surface area (Å²) in [5.41, 5.74) is -0.928. The molecule has 0 unspecified atom stereocenters. The average Bonchev–Trinajstić information content (AvgIpc) is 2.24. The Labute approximate surface area is 119 Å². The van der Waals surface area contributed by atoms with Crippen molar-refractivity contribution in [2.75, 3.05) is 5.32 Å². The molecular weight excluding hydrogens is 291 g/mol. The first-order valence-corrected chi connectivity index (χ1v) is 5.85. The Kier molecular flexibility index (Phi) is 4.82. The van der Waals surface area contributed by atoms with Crippen molar-refractivity contribution >= 4 is 18.1 Å². The molecule has 1 rings (SSSR count). The normalized spacial score (nSPS) is 11.7. The number of nitrogens with one attached hydrogen (secondary N) is 1. The zero-order valence-electron chi connectivity index (χ0n) is 11.6. The molecule has 1 aromatic rings. The minimum Gasteiger partial charge on any atom is -0.444 e. The van der Waals surface area contributed by atoms with Crippen LogP contribution in [0.3, 0.4) is 0 Å². The van der Waals surface area contributed by atoms with Crippen molar-refractivity contribution < 1.29 is 32.2 Å². The van der Waals surface area contributed by atoms with Crippen LogP contribution in [0.5, 0.6) is 5.75 Å². The zero-order chi connectivity index (χ0) is 16.3. The molecule has 0 aliphatic heterocycles. The highest BCUT2D eigenvalue weighted by Crippen LogP contribution is 2.27. The predicted octanol–water partition coefficient (Wildman–Crippen LogP) is 3.74. The molecule has 116 valence electrons. The minimum atomic E-state index is -4.87. The zero-order valence-corrected chi connectivity index (χ0v) is 11.6. The second kappa shape index (κ2) is 6.02. The van der Waals surface area contributed by atoms with Gasteiger partial charge in [0, 0.05) is 11.6 Å². The van der Waals surface area contributed by atoms with Crippen LogP contribution in [0.25, 0.3) is 0 Å². The molecule has 1 amide bonds. The first kappa shape index (κ1) is 16.8. The number of ether oxygens (including phenoxy) is 2. The lowest BCUT2D eigenvalue weighted by Gasteiger charge is -2.20. The van der Waals surface area contributed by atoms with E-state index in [4.69, 9.17) is 4.74 Å². The van der Waals surface area contributed by atoms with Crippen molar-refractivity contribution in [3.05, 3.63) is 23.8 Å². The number of halogens is 3. The van der Waals surface area contributed by atoms with Gasteiger partial charge in [0.15, 0.2) is 6.29 Å². The molecule has 0 aromatic heterocycles. The number of aldehydes is 1. The number of carbonyl (C=O) groups excluding carboxylic acids is 2. The molecule has 0 saturated carbocycles. The summed E-state index contributed by atoms with van der Waals surface area (Å²) >= 11 is 0. The van der Waals surface area contributed by atoms with Crippen LogP contribution in [-0.2, 0) is 4.74 Å². The summed E-state index contributed by atoms with van der Waals surface area (Å²) < 4.78 is 45.1. The van der Waals surface area contributed by atoms with E-state index >= 15 is 0 Å². The molecule has 0 bridgehead atoms. The highest BCUT2D eigenvalue weighted by atomic mass is 19.4. The first-order chi connectivity index (χ1) is 9.50. The first-order valence-electron chi connectivity index (χ1n) is 5.85. The van der Waals surface area contributed by atoms with Crippen molar-refractivity contribution in [1.82, 2.24) is 0 Å². The molecular formula is C13H14F3NO4.